The number of primary amides is 1. The zero-order valence-corrected chi connectivity index (χ0v) is 16.3. The van der Waals surface area contributed by atoms with Crippen LogP contribution in [-0.4, -0.2) is 29.6 Å². The number of aromatic nitrogens is 1. The van der Waals surface area contributed by atoms with Crippen molar-refractivity contribution in [1.82, 2.24) is 4.57 Å². The average molecular weight is 395 g/mol. The van der Waals surface area contributed by atoms with Crippen molar-refractivity contribution in [3.63, 3.8) is 0 Å². The number of carbonyl (C=O) groups is 1. The highest BCUT2D eigenvalue weighted by atomic mass is 16.6. The number of ether oxygens (including phenoxy) is 2. The number of methoxy groups -OCH3 is 2. The van der Waals surface area contributed by atoms with Crippen LogP contribution in [0.5, 0.6) is 11.5 Å². The lowest BCUT2D eigenvalue weighted by Gasteiger charge is -2.14. The number of nitro groups is 1. The van der Waals surface area contributed by atoms with Crippen LogP contribution in [0.2, 0.25) is 0 Å². The molecule has 0 radical (unpaired) electrons. The Morgan fingerprint density at radius 2 is 1.72 bits per heavy atom. The highest BCUT2D eigenvalue weighted by molar-refractivity contribution is 5.95. The maximum Gasteiger partial charge on any atom is 0.269 e. The lowest BCUT2D eigenvalue weighted by Crippen LogP contribution is -2.12. The van der Waals surface area contributed by atoms with Crippen molar-refractivity contribution in [3.05, 3.63) is 75.5 Å². The number of nitro benzene ring substituents is 1. The Bertz CT molecular complexity index is 1070. The molecule has 2 N–H and O–H groups in total. The molecule has 0 aliphatic carbocycles. The summed E-state index contributed by atoms with van der Waals surface area (Å²) in [4.78, 5) is 22.4. The molecule has 0 fully saturated rings. The molecule has 3 aromatic rings. The second-order valence-corrected chi connectivity index (χ2v) is 6.47. The molecule has 1 amide bonds. The van der Waals surface area contributed by atoms with E-state index in [9.17, 15) is 14.9 Å². The molecule has 29 heavy (non-hydrogen) atoms. The maximum absolute atomic E-state index is 11.9. The molecule has 0 saturated carbocycles. The summed E-state index contributed by atoms with van der Waals surface area (Å²) >= 11 is 0. The molecule has 0 atom stereocenters. The predicted molar refractivity (Wildman–Crippen MR) is 108 cm³/mol. The summed E-state index contributed by atoms with van der Waals surface area (Å²) in [5, 5.41) is 10.9. The van der Waals surface area contributed by atoms with Gasteiger partial charge in [-0.2, -0.15) is 0 Å². The van der Waals surface area contributed by atoms with E-state index in [4.69, 9.17) is 15.2 Å². The maximum atomic E-state index is 11.9. The minimum Gasteiger partial charge on any atom is -0.493 e. The first-order chi connectivity index (χ1) is 13.8. The molecule has 8 nitrogen and oxygen atoms in total. The Morgan fingerprint density at radius 1 is 1.07 bits per heavy atom. The molecule has 0 unspecified atom stereocenters. The van der Waals surface area contributed by atoms with Crippen LogP contribution in [0.1, 0.15) is 21.6 Å². The van der Waals surface area contributed by atoms with Gasteiger partial charge in [-0.25, -0.2) is 0 Å². The summed E-state index contributed by atoms with van der Waals surface area (Å²) in [6.07, 6.45) is 0. The molecular formula is C21H21N3O5. The second-order valence-electron chi connectivity index (χ2n) is 6.47. The quantitative estimate of drug-likeness (QED) is 0.486. The van der Waals surface area contributed by atoms with Crippen LogP contribution < -0.4 is 15.2 Å². The van der Waals surface area contributed by atoms with Gasteiger partial charge in [0.2, 0.25) is 0 Å². The van der Waals surface area contributed by atoms with E-state index in [-0.39, 0.29) is 5.69 Å². The van der Waals surface area contributed by atoms with E-state index >= 15 is 0 Å². The second kappa shape index (κ2) is 8.05. The summed E-state index contributed by atoms with van der Waals surface area (Å²) in [5.74, 6) is 0.687. The van der Waals surface area contributed by atoms with E-state index in [2.05, 4.69) is 0 Å². The third-order valence-corrected chi connectivity index (χ3v) is 4.79. The van der Waals surface area contributed by atoms with Gasteiger partial charge < -0.3 is 19.8 Å². The van der Waals surface area contributed by atoms with Crippen molar-refractivity contribution in [2.45, 2.75) is 13.5 Å². The van der Waals surface area contributed by atoms with Crippen LogP contribution in [-0.2, 0) is 6.54 Å². The highest BCUT2D eigenvalue weighted by Crippen LogP contribution is 2.31. The van der Waals surface area contributed by atoms with Crippen molar-refractivity contribution < 1.29 is 19.2 Å². The number of hydrogen-bond donors (Lipinski definition) is 1. The van der Waals surface area contributed by atoms with Crippen LogP contribution in [0.4, 0.5) is 5.69 Å². The van der Waals surface area contributed by atoms with E-state index in [1.807, 2.05) is 29.7 Å². The van der Waals surface area contributed by atoms with Gasteiger partial charge in [-0.1, -0.05) is 6.07 Å². The minimum absolute atomic E-state index is 0.00130. The highest BCUT2D eigenvalue weighted by Gasteiger charge is 2.18. The van der Waals surface area contributed by atoms with Crippen LogP contribution in [0.25, 0.3) is 11.3 Å². The lowest BCUT2D eigenvalue weighted by molar-refractivity contribution is -0.384. The Hall–Kier alpha value is -3.81. The number of non-ortho nitro benzene ring substituents is 1. The van der Waals surface area contributed by atoms with Crippen molar-refractivity contribution >= 4 is 11.6 Å². The predicted octanol–water partition coefficient (Wildman–Crippen LogP) is 3.54. The molecule has 1 aromatic heterocycles. The fourth-order valence-electron chi connectivity index (χ4n) is 3.25. The molecule has 0 aliphatic heterocycles. The smallest absolute Gasteiger partial charge is 0.269 e. The zero-order valence-electron chi connectivity index (χ0n) is 16.3. The number of rotatable bonds is 7. The monoisotopic (exact) mass is 395 g/mol. The van der Waals surface area contributed by atoms with Crippen LogP contribution >= 0.6 is 0 Å². The summed E-state index contributed by atoms with van der Waals surface area (Å²) in [7, 11) is 3.13. The zero-order chi connectivity index (χ0) is 21.1. The molecule has 3 rings (SSSR count). The Morgan fingerprint density at radius 3 is 2.28 bits per heavy atom. The number of benzene rings is 2. The molecule has 0 spiro atoms. The fraction of sp³-hybridized carbons (Fsp3) is 0.190. The van der Waals surface area contributed by atoms with Gasteiger partial charge in [-0.3, -0.25) is 14.9 Å². The topological polar surface area (TPSA) is 110 Å². The van der Waals surface area contributed by atoms with Gasteiger partial charge in [0.15, 0.2) is 11.5 Å². The van der Waals surface area contributed by atoms with Crippen molar-refractivity contribution in [1.29, 1.82) is 0 Å². The molecule has 0 bridgehead atoms. The van der Waals surface area contributed by atoms with Crippen molar-refractivity contribution in [3.8, 4) is 22.8 Å². The first-order valence-electron chi connectivity index (χ1n) is 8.81. The molecule has 1 heterocycles. The van der Waals surface area contributed by atoms with Gasteiger partial charge >= 0.3 is 0 Å². The van der Waals surface area contributed by atoms with Crippen LogP contribution in [0, 0.1) is 17.0 Å². The van der Waals surface area contributed by atoms with Gasteiger partial charge in [0.05, 0.1) is 24.7 Å². The number of nitrogens with two attached hydrogens (primary N) is 1. The van der Waals surface area contributed by atoms with Gasteiger partial charge in [0.1, 0.15) is 0 Å². The number of amides is 1. The van der Waals surface area contributed by atoms with E-state index in [1.165, 1.54) is 12.1 Å². The third kappa shape index (κ3) is 3.91. The lowest BCUT2D eigenvalue weighted by atomic mass is 10.1. The molecule has 150 valence electrons. The molecule has 2 aromatic carbocycles. The SMILES string of the molecule is COc1ccc(Cn2c(-c3ccc([N+](=O)[O-])cc3)cc(C(N)=O)c2C)cc1OC. The Kier molecular flexibility index (Phi) is 5.54. The van der Waals surface area contributed by atoms with E-state index in [1.54, 1.807) is 32.4 Å². The van der Waals surface area contributed by atoms with Gasteiger partial charge in [0, 0.05) is 30.1 Å². The largest absolute Gasteiger partial charge is 0.493 e. The Balaban J connectivity index is 2.08. The normalized spacial score (nSPS) is 10.6. The number of nitrogens with zero attached hydrogens (tertiary/aromatic N) is 2. The fourth-order valence-corrected chi connectivity index (χ4v) is 3.25. The van der Waals surface area contributed by atoms with Crippen molar-refractivity contribution in [2.24, 2.45) is 5.73 Å². The number of carbonyl (C=O) groups excluding carboxylic acids is 1. The first kappa shape index (κ1) is 19.9. The summed E-state index contributed by atoms with van der Waals surface area (Å²) < 4.78 is 12.6. The molecule has 0 aliphatic rings. The third-order valence-electron chi connectivity index (χ3n) is 4.79. The molecular weight excluding hydrogens is 374 g/mol. The Labute approximate surface area is 167 Å². The van der Waals surface area contributed by atoms with E-state index in [0.717, 1.165) is 16.8 Å². The number of hydrogen-bond acceptors (Lipinski definition) is 5. The minimum atomic E-state index is -0.531. The van der Waals surface area contributed by atoms with Gasteiger partial charge in [0.25, 0.3) is 11.6 Å². The van der Waals surface area contributed by atoms with Crippen LogP contribution in [0.3, 0.4) is 0 Å². The van der Waals surface area contributed by atoms with Gasteiger partial charge in [-0.15, -0.1) is 0 Å². The van der Waals surface area contributed by atoms with E-state index in [0.29, 0.717) is 29.3 Å². The van der Waals surface area contributed by atoms with E-state index < -0.39 is 10.8 Å². The summed E-state index contributed by atoms with van der Waals surface area (Å²) in [6, 6.07) is 13.5. The molecule has 0 saturated heterocycles. The summed E-state index contributed by atoms with van der Waals surface area (Å²) in [5.41, 5.74) is 9.06. The summed E-state index contributed by atoms with van der Waals surface area (Å²) in [6.45, 7) is 2.27. The van der Waals surface area contributed by atoms with Gasteiger partial charge in [-0.05, 0) is 48.4 Å². The van der Waals surface area contributed by atoms with Crippen molar-refractivity contribution in [2.75, 3.05) is 14.2 Å². The standard InChI is InChI=1S/C21H21N3O5/c1-13-17(21(22)25)11-18(15-5-7-16(8-6-15)24(26)27)23(13)12-14-4-9-19(28-2)20(10-14)29-3/h4-11H,12H2,1-3H3,(H2,22,25). The van der Waals surface area contributed by atoms with Crippen LogP contribution in [0.15, 0.2) is 48.5 Å². The average Bonchev–Trinajstić information content (AvgIpc) is 3.04. The molecule has 8 heteroatoms. The first-order valence-corrected chi connectivity index (χ1v) is 8.81.